The summed E-state index contributed by atoms with van der Waals surface area (Å²) in [5.41, 5.74) is 0.864. The van der Waals surface area contributed by atoms with Gasteiger partial charge in [-0.25, -0.2) is 0 Å². The molecule has 1 aromatic rings. The van der Waals surface area contributed by atoms with Gasteiger partial charge in [-0.15, -0.1) is 0 Å². The van der Waals surface area contributed by atoms with Gasteiger partial charge in [0.05, 0.1) is 36.3 Å². The van der Waals surface area contributed by atoms with Gasteiger partial charge >= 0.3 is 11.9 Å². The highest BCUT2D eigenvalue weighted by molar-refractivity contribution is 5.72. The molecule has 3 aliphatic heterocycles. The van der Waals surface area contributed by atoms with Crippen molar-refractivity contribution in [3.8, 4) is 5.75 Å². The quantitative estimate of drug-likeness (QED) is 0.0549. The van der Waals surface area contributed by atoms with Crippen molar-refractivity contribution in [2.45, 2.75) is 243 Å². The summed E-state index contributed by atoms with van der Waals surface area (Å²) in [6, 6.07) is 7.31. The van der Waals surface area contributed by atoms with Gasteiger partial charge in [-0.1, -0.05) is 72.9 Å². The molecule has 410 valence electrons. The number of carbonyl (C=O) groups is 2. The molecule has 3 heterocycles. The van der Waals surface area contributed by atoms with Gasteiger partial charge in [0.1, 0.15) is 72.9 Å². The largest absolute Gasteiger partial charge is 0.462 e. The highest BCUT2D eigenvalue weighted by Gasteiger charge is 2.54. The van der Waals surface area contributed by atoms with Crippen LogP contribution in [0.25, 0.3) is 0 Å². The summed E-state index contributed by atoms with van der Waals surface area (Å²) in [7, 11) is 5.93. The summed E-state index contributed by atoms with van der Waals surface area (Å²) in [5.74, 6) is -0.245. The van der Waals surface area contributed by atoms with E-state index in [1.54, 1.807) is 40.0 Å². The highest BCUT2D eigenvalue weighted by Crippen LogP contribution is 2.35. The second-order valence-electron chi connectivity index (χ2n) is 20.0. The van der Waals surface area contributed by atoms with E-state index >= 15 is 0 Å². The van der Waals surface area contributed by atoms with Crippen LogP contribution in [0.15, 0.2) is 24.3 Å². The Morgan fingerprint density at radius 2 is 1.04 bits per heavy atom. The van der Waals surface area contributed by atoms with Crippen LogP contribution >= 0.6 is 0 Å². The lowest BCUT2D eigenvalue weighted by molar-refractivity contribution is -0.376. The van der Waals surface area contributed by atoms with Gasteiger partial charge in [0.15, 0.2) is 12.6 Å². The van der Waals surface area contributed by atoms with Crippen LogP contribution in [0.2, 0.25) is 0 Å². The van der Waals surface area contributed by atoms with Crippen LogP contribution < -0.4 is 4.74 Å². The Morgan fingerprint density at radius 3 is 1.54 bits per heavy atom. The van der Waals surface area contributed by atoms with E-state index in [1.165, 1.54) is 21.3 Å². The SMILES string of the molecule is CCCC(C)C(=O)OC(CCCCC(C)C(CC)OC)CC(Cc1ccc(OC2OC(C)C(O)C(OC3OC(C)C(O)C(OC4OC(C)C(O)C(O)C4OC)C3OC)C2OC)cc1)OC(=O)C(C)CCC. The van der Waals surface area contributed by atoms with Crippen LogP contribution in [-0.2, 0) is 68.1 Å². The van der Waals surface area contributed by atoms with Crippen LogP contribution in [0.5, 0.6) is 5.75 Å². The molecule has 4 N–H and O–H groups in total. The predicted octanol–water partition coefficient (Wildman–Crippen LogP) is 5.81. The zero-order chi connectivity index (χ0) is 52.5. The summed E-state index contributed by atoms with van der Waals surface area (Å²) in [4.78, 5) is 26.8. The van der Waals surface area contributed by atoms with Crippen molar-refractivity contribution in [3.63, 3.8) is 0 Å². The zero-order valence-electron chi connectivity index (χ0n) is 44.7. The molecule has 1 aromatic carbocycles. The molecular formula is C53H90O18. The molecule has 3 fully saturated rings. The van der Waals surface area contributed by atoms with Crippen LogP contribution in [0, 0.1) is 17.8 Å². The molecule has 71 heavy (non-hydrogen) atoms. The number of esters is 2. The predicted molar refractivity (Wildman–Crippen MR) is 261 cm³/mol. The van der Waals surface area contributed by atoms with Crippen molar-refractivity contribution in [2.24, 2.45) is 17.8 Å². The van der Waals surface area contributed by atoms with E-state index in [-0.39, 0.29) is 29.9 Å². The lowest BCUT2D eigenvalue weighted by Crippen LogP contribution is -2.66. The minimum absolute atomic E-state index is 0.192. The van der Waals surface area contributed by atoms with Crippen molar-refractivity contribution >= 4 is 11.9 Å². The molecule has 0 amide bonds. The van der Waals surface area contributed by atoms with Crippen molar-refractivity contribution in [1.82, 2.24) is 0 Å². The number of hydrogen-bond acceptors (Lipinski definition) is 18. The second-order valence-corrected chi connectivity index (χ2v) is 20.0. The summed E-state index contributed by atoms with van der Waals surface area (Å²) in [5, 5.41) is 44.0. The third-order valence-electron chi connectivity index (χ3n) is 14.5. The number of aliphatic hydroxyl groups is 4. The molecule has 18 nitrogen and oxygen atoms in total. The van der Waals surface area contributed by atoms with E-state index in [4.69, 9.17) is 56.8 Å². The third kappa shape index (κ3) is 17.0. The Kier molecular flexibility index (Phi) is 25.9. The summed E-state index contributed by atoms with van der Waals surface area (Å²) >= 11 is 0. The molecule has 0 aliphatic carbocycles. The summed E-state index contributed by atoms with van der Waals surface area (Å²) < 4.78 is 72.6. The number of aliphatic hydroxyl groups excluding tert-OH is 4. The number of ether oxygens (including phenoxy) is 12. The minimum atomic E-state index is -1.34. The average molecular weight is 1020 g/mol. The number of unbranched alkanes of at least 4 members (excludes halogenated alkanes) is 1. The standard InChI is InChI=1S/C53H90O18/c1-14-19-30(5)49(58)67-37(22-18-17-21-29(4)39(16-3)60-10)28-38(68-50(59)31(6)20-15-2)27-35-23-25-36(26-24-35)69-52-47(62-12)44(41(55)33(8)65-52)71-53-48(63-13)45(42(56)34(9)66-53)70-51-46(61-11)43(57)40(54)32(7)64-51/h23-26,29-34,37-48,51-57H,14-22,27-28H2,1-13H3. The smallest absolute Gasteiger partial charge is 0.308 e. The van der Waals surface area contributed by atoms with Gasteiger partial charge in [-0.3, -0.25) is 9.59 Å². The van der Waals surface area contributed by atoms with Crippen molar-refractivity contribution < 1.29 is 86.9 Å². The zero-order valence-corrected chi connectivity index (χ0v) is 44.7. The van der Waals surface area contributed by atoms with Crippen LogP contribution in [0.4, 0.5) is 0 Å². The number of benzene rings is 1. The Hall–Kier alpha value is -2.56. The Morgan fingerprint density at radius 1 is 0.577 bits per heavy atom. The van der Waals surface area contributed by atoms with Gasteiger partial charge < -0.3 is 77.3 Å². The number of rotatable bonds is 29. The van der Waals surface area contributed by atoms with Crippen molar-refractivity contribution in [3.05, 3.63) is 29.8 Å². The fraction of sp³-hybridized carbons (Fsp3) is 0.849. The monoisotopic (exact) mass is 1010 g/mol. The van der Waals surface area contributed by atoms with E-state index in [1.807, 2.05) is 39.8 Å². The lowest BCUT2D eigenvalue weighted by atomic mass is 9.94. The van der Waals surface area contributed by atoms with Crippen molar-refractivity contribution in [2.75, 3.05) is 28.4 Å². The average Bonchev–Trinajstić information content (AvgIpc) is 3.34. The van der Waals surface area contributed by atoms with Gasteiger partial charge in [0.2, 0.25) is 6.29 Å². The molecule has 0 radical (unpaired) electrons. The minimum Gasteiger partial charge on any atom is -0.462 e. The van der Waals surface area contributed by atoms with E-state index in [0.29, 0.717) is 37.4 Å². The molecule has 18 heteroatoms. The van der Waals surface area contributed by atoms with E-state index < -0.39 is 104 Å². The van der Waals surface area contributed by atoms with Gasteiger partial charge in [0.25, 0.3) is 0 Å². The lowest BCUT2D eigenvalue weighted by Gasteiger charge is -2.49. The van der Waals surface area contributed by atoms with Crippen molar-refractivity contribution in [1.29, 1.82) is 0 Å². The maximum absolute atomic E-state index is 13.5. The normalized spacial score (nSPS) is 33.8. The first-order valence-corrected chi connectivity index (χ1v) is 26.1. The third-order valence-corrected chi connectivity index (χ3v) is 14.5. The molecule has 0 spiro atoms. The van der Waals surface area contributed by atoms with Gasteiger partial charge in [0, 0.05) is 41.3 Å². The molecule has 3 saturated heterocycles. The Balaban J connectivity index is 1.51. The molecule has 0 bridgehead atoms. The van der Waals surface area contributed by atoms with Crippen LogP contribution in [0.3, 0.4) is 0 Å². The van der Waals surface area contributed by atoms with Gasteiger partial charge in [-0.2, -0.15) is 0 Å². The fourth-order valence-electron chi connectivity index (χ4n) is 9.94. The molecule has 0 aromatic heterocycles. The maximum atomic E-state index is 13.5. The fourth-order valence-corrected chi connectivity index (χ4v) is 9.94. The second kappa shape index (κ2) is 30.1. The number of methoxy groups -OCH3 is 4. The maximum Gasteiger partial charge on any atom is 0.308 e. The highest BCUT2D eigenvalue weighted by atomic mass is 16.8. The molecule has 4 rings (SSSR count). The first-order chi connectivity index (χ1) is 33.9. The molecule has 0 saturated carbocycles. The number of hydrogen-bond donors (Lipinski definition) is 4. The van der Waals surface area contributed by atoms with Gasteiger partial charge in [-0.05, 0) is 82.9 Å². The topological polar surface area (TPSA) is 226 Å². The molecule has 21 atom stereocenters. The van der Waals surface area contributed by atoms with E-state index in [0.717, 1.165) is 50.5 Å². The number of carbonyl (C=O) groups excluding carboxylic acids is 2. The van der Waals surface area contributed by atoms with E-state index in [2.05, 4.69) is 13.8 Å². The molecular weight excluding hydrogens is 925 g/mol. The first kappa shape index (κ1) is 61.0. The van der Waals surface area contributed by atoms with Crippen LogP contribution in [-0.4, -0.2) is 171 Å². The Bertz CT molecular complexity index is 1670. The first-order valence-electron chi connectivity index (χ1n) is 26.1. The van der Waals surface area contributed by atoms with Crippen LogP contribution in [0.1, 0.15) is 132 Å². The van der Waals surface area contributed by atoms with E-state index in [9.17, 15) is 30.0 Å². The summed E-state index contributed by atoms with van der Waals surface area (Å²) in [6.45, 7) is 17.1. The summed E-state index contributed by atoms with van der Waals surface area (Å²) in [6.07, 6.45) is -9.12. The molecule has 3 aliphatic rings. The molecule has 21 unspecified atom stereocenters. The Labute approximate surface area is 422 Å².